The van der Waals surface area contributed by atoms with Crippen molar-refractivity contribution in [3.63, 3.8) is 0 Å². The summed E-state index contributed by atoms with van der Waals surface area (Å²) in [7, 11) is 1.66. The van der Waals surface area contributed by atoms with Crippen molar-refractivity contribution in [2.75, 3.05) is 7.11 Å². The van der Waals surface area contributed by atoms with E-state index in [0.29, 0.717) is 0 Å². The molecule has 2 nitrogen and oxygen atoms in total. The Morgan fingerprint density at radius 1 is 1.62 bits per heavy atom. The van der Waals surface area contributed by atoms with E-state index in [0.717, 1.165) is 23.7 Å². The van der Waals surface area contributed by atoms with Gasteiger partial charge in [-0.25, -0.2) is 0 Å². The molecular formula is C13H17BrO2. The number of rotatable bonds is 3. The van der Waals surface area contributed by atoms with Crippen molar-refractivity contribution in [2.45, 2.75) is 37.4 Å². The van der Waals surface area contributed by atoms with Gasteiger partial charge in [0.1, 0.15) is 11.7 Å². The Labute approximate surface area is 105 Å². The summed E-state index contributed by atoms with van der Waals surface area (Å²) in [5, 5.41) is 10.1. The number of allylic oxidation sites excluding steroid dienone is 3. The van der Waals surface area contributed by atoms with E-state index >= 15 is 0 Å². The average Bonchev–Trinajstić information content (AvgIpc) is 2.75. The van der Waals surface area contributed by atoms with Crippen molar-refractivity contribution in [1.82, 2.24) is 0 Å². The highest BCUT2D eigenvalue weighted by Gasteiger charge is 2.37. The maximum absolute atomic E-state index is 10.1. The van der Waals surface area contributed by atoms with Crippen molar-refractivity contribution < 1.29 is 9.84 Å². The first-order chi connectivity index (χ1) is 7.66. The largest absolute Gasteiger partial charge is 0.386 e. The number of aliphatic hydroxyl groups excluding tert-OH is 1. The van der Waals surface area contributed by atoms with Gasteiger partial charge in [-0.1, -0.05) is 27.6 Å². The van der Waals surface area contributed by atoms with Gasteiger partial charge >= 0.3 is 0 Å². The van der Waals surface area contributed by atoms with E-state index in [9.17, 15) is 5.11 Å². The van der Waals surface area contributed by atoms with Crippen LogP contribution in [-0.2, 0) is 4.74 Å². The molecular weight excluding hydrogens is 268 g/mol. The Morgan fingerprint density at radius 2 is 2.44 bits per heavy atom. The quantitative estimate of drug-likeness (QED) is 0.807. The van der Waals surface area contributed by atoms with Crippen molar-refractivity contribution in [3.8, 4) is 0 Å². The highest BCUT2D eigenvalue weighted by molar-refractivity contribution is 9.11. The standard InChI is InChI=1S/C13H17BrO2/c1-16-13(9-10-4-2-3-5-10)7-6-11(14)8-12(13)15/h4,6-8,12,15H,2-3,5,9H2,1H3. The van der Waals surface area contributed by atoms with E-state index in [-0.39, 0.29) is 0 Å². The van der Waals surface area contributed by atoms with Crippen LogP contribution in [0.25, 0.3) is 0 Å². The Kier molecular flexibility index (Phi) is 3.67. The second-order valence-corrected chi connectivity index (χ2v) is 5.34. The van der Waals surface area contributed by atoms with Crippen LogP contribution in [0.15, 0.2) is 34.4 Å². The highest BCUT2D eigenvalue weighted by Crippen LogP contribution is 2.35. The summed E-state index contributed by atoms with van der Waals surface area (Å²) >= 11 is 3.37. The molecule has 0 saturated carbocycles. The number of methoxy groups -OCH3 is 1. The molecule has 2 rings (SSSR count). The molecule has 2 aliphatic carbocycles. The van der Waals surface area contributed by atoms with E-state index in [4.69, 9.17) is 4.74 Å². The molecule has 0 saturated heterocycles. The summed E-state index contributed by atoms with van der Waals surface area (Å²) in [5.41, 5.74) is 0.824. The SMILES string of the molecule is COC1(CC2=CCCC2)C=CC(Br)=CC1O. The predicted molar refractivity (Wildman–Crippen MR) is 68.4 cm³/mol. The fourth-order valence-electron chi connectivity index (χ4n) is 2.34. The number of ether oxygens (including phenoxy) is 1. The molecule has 0 aromatic rings. The smallest absolute Gasteiger partial charge is 0.119 e. The zero-order valence-corrected chi connectivity index (χ0v) is 11.0. The Hall–Kier alpha value is -0.380. The van der Waals surface area contributed by atoms with Crippen LogP contribution in [0.1, 0.15) is 25.7 Å². The minimum atomic E-state index is -0.585. The van der Waals surface area contributed by atoms with Gasteiger partial charge in [-0.15, -0.1) is 0 Å². The molecule has 3 heteroatoms. The molecule has 0 spiro atoms. The predicted octanol–water partition coefficient (Wildman–Crippen LogP) is 3.08. The van der Waals surface area contributed by atoms with Crippen LogP contribution in [0.4, 0.5) is 0 Å². The van der Waals surface area contributed by atoms with Gasteiger partial charge in [0.25, 0.3) is 0 Å². The van der Waals surface area contributed by atoms with Crippen LogP contribution in [0.5, 0.6) is 0 Å². The van der Waals surface area contributed by atoms with E-state index in [2.05, 4.69) is 22.0 Å². The third-order valence-electron chi connectivity index (χ3n) is 3.36. The van der Waals surface area contributed by atoms with Gasteiger partial charge < -0.3 is 9.84 Å². The first-order valence-corrected chi connectivity index (χ1v) is 6.43. The normalized spacial score (nSPS) is 33.8. The third-order valence-corrected chi connectivity index (χ3v) is 3.89. The summed E-state index contributed by atoms with van der Waals surface area (Å²) in [6.07, 6.45) is 11.7. The van der Waals surface area contributed by atoms with Gasteiger partial charge in [0, 0.05) is 18.0 Å². The molecule has 0 heterocycles. The lowest BCUT2D eigenvalue weighted by atomic mass is 9.85. The lowest BCUT2D eigenvalue weighted by molar-refractivity contribution is -0.0489. The van der Waals surface area contributed by atoms with E-state index < -0.39 is 11.7 Å². The summed E-state index contributed by atoms with van der Waals surface area (Å²) in [6, 6.07) is 0. The molecule has 2 atom stereocenters. The molecule has 2 unspecified atom stereocenters. The Balaban J connectivity index is 2.16. The molecule has 1 N–H and O–H groups in total. The van der Waals surface area contributed by atoms with Crippen LogP contribution in [0.2, 0.25) is 0 Å². The number of aliphatic hydroxyl groups is 1. The van der Waals surface area contributed by atoms with Gasteiger partial charge in [-0.3, -0.25) is 0 Å². The third kappa shape index (κ3) is 2.31. The monoisotopic (exact) mass is 284 g/mol. The molecule has 0 aliphatic heterocycles. The van der Waals surface area contributed by atoms with Gasteiger partial charge in [-0.05, 0) is 37.5 Å². The Bertz CT molecular complexity index is 357. The summed E-state index contributed by atoms with van der Waals surface area (Å²) in [6.45, 7) is 0. The van der Waals surface area contributed by atoms with Crippen LogP contribution < -0.4 is 0 Å². The van der Waals surface area contributed by atoms with Crippen molar-refractivity contribution >= 4 is 15.9 Å². The summed E-state index contributed by atoms with van der Waals surface area (Å²) in [5.74, 6) is 0. The lowest BCUT2D eigenvalue weighted by Crippen LogP contribution is -2.43. The minimum absolute atomic E-state index is 0.576. The maximum atomic E-state index is 10.1. The number of hydrogen-bond donors (Lipinski definition) is 1. The van der Waals surface area contributed by atoms with Crippen LogP contribution >= 0.6 is 15.9 Å². The molecule has 0 aromatic heterocycles. The molecule has 88 valence electrons. The van der Waals surface area contributed by atoms with Crippen molar-refractivity contribution in [1.29, 1.82) is 0 Å². The van der Waals surface area contributed by atoms with Gasteiger partial charge in [0.15, 0.2) is 0 Å². The first-order valence-electron chi connectivity index (χ1n) is 5.64. The fraction of sp³-hybridized carbons (Fsp3) is 0.538. The van der Waals surface area contributed by atoms with Crippen molar-refractivity contribution in [2.24, 2.45) is 0 Å². The van der Waals surface area contributed by atoms with Crippen LogP contribution in [0.3, 0.4) is 0 Å². The molecule has 0 radical (unpaired) electrons. The average molecular weight is 285 g/mol. The lowest BCUT2D eigenvalue weighted by Gasteiger charge is -2.35. The van der Waals surface area contributed by atoms with Crippen LogP contribution in [-0.4, -0.2) is 23.9 Å². The molecule has 0 aromatic carbocycles. The van der Waals surface area contributed by atoms with Crippen LogP contribution in [0, 0.1) is 0 Å². The summed E-state index contributed by atoms with van der Waals surface area (Å²) in [4.78, 5) is 0. The van der Waals surface area contributed by atoms with E-state index in [1.54, 1.807) is 13.2 Å². The zero-order valence-electron chi connectivity index (χ0n) is 9.45. The van der Waals surface area contributed by atoms with E-state index in [1.807, 2.05) is 12.2 Å². The second kappa shape index (κ2) is 4.86. The fourth-order valence-corrected chi connectivity index (χ4v) is 2.73. The van der Waals surface area contributed by atoms with Gasteiger partial charge in [-0.2, -0.15) is 0 Å². The van der Waals surface area contributed by atoms with Gasteiger partial charge in [0.2, 0.25) is 0 Å². The summed E-state index contributed by atoms with van der Waals surface area (Å²) < 4.78 is 6.47. The molecule has 0 fully saturated rings. The first kappa shape index (κ1) is 12.1. The van der Waals surface area contributed by atoms with Gasteiger partial charge in [0.05, 0.1) is 0 Å². The number of hydrogen-bond acceptors (Lipinski definition) is 2. The topological polar surface area (TPSA) is 29.5 Å². The minimum Gasteiger partial charge on any atom is -0.386 e. The van der Waals surface area contributed by atoms with E-state index in [1.165, 1.54) is 12.0 Å². The highest BCUT2D eigenvalue weighted by atomic mass is 79.9. The maximum Gasteiger partial charge on any atom is 0.119 e. The number of halogens is 1. The zero-order chi connectivity index (χ0) is 11.6. The van der Waals surface area contributed by atoms with Crippen molar-refractivity contribution in [3.05, 3.63) is 34.4 Å². The molecule has 0 amide bonds. The second-order valence-electron chi connectivity index (χ2n) is 4.42. The molecule has 0 bridgehead atoms. The Morgan fingerprint density at radius 3 is 3.00 bits per heavy atom. The molecule has 16 heavy (non-hydrogen) atoms. The molecule has 2 aliphatic rings.